The molecule has 0 atom stereocenters. The molecular weight excluding hydrogens is 477 g/mol. The Bertz CT molecular complexity index is 1200. The zero-order valence-electron chi connectivity index (χ0n) is 17.7. The standard InChI is InChI=1S/C25H20FNO3S3/c1-29-22-15-17(11-12-21(22)30-13-14-32-18-7-3-2-4-8-18)16-23-24(28)27(25(31)33-23)20-10-6-5-9-19(20)26/h2-12,15-16H,13-14H2,1H3/b23-16+. The number of methoxy groups -OCH3 is 1. The zero-order valence-corrected chi connectivity index (χ0v) is 20.1. The van der Waals surface area contributed by atoms with Crippen LogP contribution in [0.5, 0.6) is 11.5 Å². The highest BCUT2D eigenvalue weighted by Gasteiger charge is 2.34. The Labute approximate surface area is 205 Å². The molecule has 0 spiro atoms. The molecule has 4 rings (SSSR count). The third-order valence-electron chi connectivity index (χ3n) is 4.73. The van der Waals surface area contributed by atoms with E-state index in [1.54, 1.807) is 43.1 Å². The second kappa shape index (κ2) is 10.9. The van der Waals surface area contributed by atoms with Gasteiger partial charge in [-0.1, -0.05) is 60.4 Å². The number of nitrogens with zero attached hydrogens (tertiary/aromatic N) is 1. The van der Waals surface area contributed by atoms with E-state index in [0.717, 1.165) is 23.1 Å². The van der Waals surface area contributed by atoms with Crippen molar-refractivity contribution in [1.82, 2.24) is 0 Å². The molecule has 33 heavy (non-hydrogen) atoms. The summed E-state index contributed by atoms with van der Waals surface area (Å²) < 4.78 is 25.9. The number of carbonyl (C=O) groups excluding carboxylic acids is 1. The Hall–Kier alpha value is -2.81. The van der Waals surface area contributed by atoms with Gasteiger partial charge >= 0.3 is 0 Å². The number of para-hydroxylation sites is 1. The Morgan fingerprint density at radius 3 is 2.58 bits per heavy atom. The van der Waals surface area contributed by atoms with Gasteiger partial charge in [0, 0.05) is 10.6 Å². The van der Waals surface area contributed by atoms with Gasteiger partial charge in [-0.3, -0.25) is 9.69 Å². The molecule has 1 heterocycles. The summed E-state index contributed by atoms with van der Waals surface area (Å²) in [5, 5.41) is 0. The van der Waals surface area contributed by atoms with E-state index in [2.05, 4.69) is 12.1 Å². The fraction of sp³-hybridized carbons (Fsp3) is 0.120. The van der Waals surface area contributed by atoms with Crippen molar-refractivity contribution in [3.63, 3.8) is 0 Å². The van der Waals surface area contributed by atoms with E-state index in [1.165, 1.54) is 21.9 Å². The van der Waals surface area contributed by atoms with Crippen LogP contribution < -0.4 is 14.4 Å². The average molecular weight is 498 g/mol. The van der Waals surface area contributed by atoms with E-state index in [0.29, 0.717) is 27.3 Å². The van der Waals surface area contributed by atoms with E-state index in [1.807, 2.05) is 30.3 Å². The topological polar surface area (TPSA) is 38.8 Å². The summed E-state index contributed by atoms with van der Waals surface area (Å²) in [4.78, 5) is 15.7. The van der Waals surface area contributed by atoms with Crippen LogP contribution >= 0.6 is 35.7 Å². The third-order valence-corrected chi connectivity index (χ3v) is 7.00. The second-order valence-corrected chi connectivity index (χ2v) is 9.73. The number of amides is 1. The Balaban J connectivity index is 1.44. The van der Waals surface area contributed by atoms with Crippen molar-refractivity contribution in [2.24, 2.45) is 0 Å². The Morgan fingerprint density at radius 2 is 1.82 bits per heavy atom. The summed E-state index contributed by atoms with van der Waals surface area (Å²) in [6.45, 7) is 0.524. The number of ether oxygens (including phenoxy) is 2. The number of rotatable bonds is 8. The lowest BCUT2D eigenvalue weighted by Crippen LogP contribution is -2.28. The molecule has 0 aliphatic carbocycles. The fourth-order valence-electron chi connectivity index (χ4n) is 3.18. The van der Waals surface area contributed by atoms with E-state index < -0.39 is 5.82 Å². The van der Waals surface area contributed by atoms with Crippen molar-refractivity contribution >= 4 is 57.7 Å². The van der Waals surface area contributed by atoms with Gasteiger partial charge < -0.3 is 9.47 Å². The molecule has 1 aliphatic rings. The van der Waals surface area contributed by atoms with Crippen molar-refractivity contribution < 1.29 is 18.7 Å². The van der Waals surface area contributed by atoms with Crippen LogP contribution in [0, 0.1) is 5.82 Å². The van der Waals surface area contributed by atoms with Crippen molar-refractivity contribution in [3.05, 3.63) is 89.1 Å². The first-order chi connectivity index (χ1) is 16.1. The molecule has 0 bridgehead atoms. The summed E-state index contributed by atoms with van der Waals surface area (Å²) in [5.74, 6) is 1.14. The number of hydrogen-bond acceptors (Lipinski definition) is 6. The molecule has 168 valence electrons. The minimum absolute atomic E-state index is 0.151. The molecule has 3 aromatic carbocycles. The van der Waals surface area contributed by atoms with Gasteiger partial charge in [0.25, 0.3) is 5.91 Å². The maximum Gasteiger partial charge on any atom is 0.270 e. The molecule has 1 fully saturated rings. The van der Waals surface area contributed by atoms with E-state index >= 15 is 0 Å². The number of carbonyl (C=O) groups is 1. The largest absolute Gasteiger partial charge is 0.493 e. The lowest BCUT2D eigenvalue weighted by atomic mass is 10.2. The summed E-state index contributed by atoms with van der Waals surface area (Å²) in [6, 6.07) is 21.7. The van der Waals surface area contributed by atoms with Crippen LogP contribution in [-0.2, 0) is 4.79 Å². The minimum Gasteiger partial charge on any atom is -0.493 e. The number of thiocarbonyl (C=S) groups is 1. The van der Waals surface area contributed by atoms with Crippen LogP contribution in [0.1, 0.15) is 5.56 Å². The van der Waals surface area contributed by atoms with Crippen LogP contribution in [0.2, 0.25) is 0 Å². The predicted octanol–water partition coefficient (Wildman–Crippen LogP) is 6.41. The quantitative estimate of drug-likeness (QED) is 0.155. The molecule has 0 unspecified atom stereocenters. The summed E-state index contributed by atoms with van der Waals surface area (Å²) in [5.41, 5.74) is 0.907. The molecular formula is C25H20FNO3S3. The van der Waals surface area contributed by atoms with E-state index in [-0.39, 0.29) is 11.6 Å². The van der Waals surface area contributed by atoms with Crippen molar-refractivity contribution in [3.8, 4) is 11.5 Å². The lowest BCUT2D eigenvalue weighted by molar-refractivity contribution is -0.113. The van der Waals surface area contributed by atoms with Gasteiger partial charge in [0.15, 0.2) is 15.8 Å². The van der Waals surface area contributed by atoms with Gasteiger partial charge in [-0.25, -0.2) is 4.39 Å². The monoisotopic (exact) mass is 497 g/mol. The highest BCUT2D eigenvalue weighted by molar-refractivity contribution is 8.27. The molecule has 0 radical (unpaired) electrons. The highest BCUT2D eigenvalue weighted by atomic mass is 32.2. The maximum absolute atomic E-state index is 14.2. The second-order valence-electron chi connectivity index (χ2n) is 6.89. The van der Waals surface area contributed by atoms with Crippen LogP contribution in [0.4, 0.5) is 10.1 Å². The molecule has 1 aliphatic heterocycles. The van der Waals surface area contributed by atoms with Gasteiger partial charge in [0.2, 0.25) is 0 Å². The van der Waals surface area contributed by atoms with E-state index in [4.69, 9.17) is 21.7 Å². The van der Waals surface area contributed by atoms with Crippen LogP contribution in [-0.4, -0.2) is 29.7 Å². The fourth-order valence-corrected chi connectivity index (χ4v) is 5.22. The average Bonchev–Trinajstić information content (AvgIpc) is 3.11. The summed E-state index contributed by atoms with van der Waals surface area (Å²) >= 11 is 8.19. The SMILES string of the molecule is COc1cc(/C=C2/SC(=S)N(c3ccccc3F)C2=O)ccc1OCCSc1ccccc1. The Kier molecular flexibility index (Phi) is 7.69. The van der Waals surface area contributed by atoms with Crippen LogP contribution in [0.25, 0.3) is 6.08 Å². The number of halogens is 1. The third kappa shape index (κ3) is 5.58. The molecule has 1 saturated heterocycles. The minimum atomic E-state index is -0.497. The molecule has 4 nitrogen and oxygen atoms in total. The first kappa shape index (κ1) is 23.4. The lowest BCUT2D eigenvalue weighted by Gasteiger charge is -2.15. The predicted molar refractivity (Wildman–Crippen MR) is 138 cm³/mol. The van der Waals surface area contributed by atoms with Gasteiger partial charge in [0.1, 0.15) is 5.82 Å². The number of hydrogen-bond donors (Lipinski definition) is 0. The molecule has 0 N–H and O–H groups in total. The number of thioether (sulfide) groups is 2. The smallest absolute Gasteiger partial charge is 0.270 e. The van der Waals surface area contributed by atoms with Gasteiger partial charge in [-0.05, 0) is 48.0 Å². The van der Waals surface area contributed by atoms with Crippen LogP contribution in [0.3, 0.4) is 0 Å². The van der Waals surface area contributed by atoms with E-state index in [9.17, 15) is 9.18 Å². The Morgan fingerprint density at radius 1 is 1.06 bits per heavy atom. The molecule has 8 heteroatoms. The zero-order chi connectivity index (χ0) is 23.2. The van der Waals surface area contributed by atoms with Crippen molar-refractivity contribution in [1.29, 1.82) is 0 Å². The van der Waals surface area contributed by atoms with Gasteiger partial charge in [0.05, 0.1) is 24.3 Å². The van der Waals surface area contributed by atoms with Gasteiger partial charge in [-0.15, -0.1) is 11.8 Å². The maximum atomic E-state index is 14.2. The summed E-state index contributed by atoms with van der Waals surface area (Å²) in [6.07, 6.45) is 1.72. The number of benzene rings is 3. The van der Waals surface area contributed by atoms with Crippen molar-refractivity contribution in [2.75, 3.05) is 24.4 Å². The van der Waals surface area contributed by atoms with Crippen LogP contribution in [0.15, 0.2) is 82.6 Å². The normalized spacial score (nSPS) is 14.7. The summed E-state index contributed by atoms with van der Waals surface area (Å²) in [7, 11) is 1.57. The molecule has 3 aromatic rings. The first-order valence-corrected chi connectivity index (χ1v) is 12.3. The molecule has 0 aromatic heterocycles. The number of anilines is 1. The first-order valence-electron chi connectivity index (χ1n) is 10.1. The molecule has 1 amide bonds. The highest BCUT2D eigenvalue weighted by Crippen LogP contribution is 2.38. The van der Waals surface area contributed by atoms with Gasteiger partial charge in [-0.2, -0.15) is 0 Å². The molecule has 0 saturated carbocycles. The van der Waals surface area contributed by atoms with Crippen molar-refractivity contribution in [2.45, 2.75) is 4.90 Å².